The molecule has 0 spiro atoms. The maximum atomic E-state index is 10.9. The van der Waals surface area contributed by atoms with Gasteiger partial charge in [0.05, 0.1) is 10.3 Å². The molecule has 0 radical (unpaired) electrons. The van der Waals surface area contributed by atoms with Crippen molar-refractivity contribution < 1.29 is 4.92 Å². The molecule has 0 aliphatic carbocycles. The van der Waals surface area contributed by atoms with Gasteiger partial charge in [0.2, 0.25) is 5.95 Å². The molecule has 8 nitrogen and oxygen atoms in total. The standard InChI is InChI=1S/C17H14N6O2S/c1-11-9-26-16-14(11)15(20-17(21-16)22-6-5-18-10-22)19-8-12-3-2-4-13(7-12)23(24)25/h2-7,9-10H,8H2,1H3,(H,19,20,21). The minimum absolute atomic E-state index is 0.0722. The number of nitrogens with one attached hydrogen (secondary N) is 1. The molecule has 1 N–H and O–H groups in total. The third kappa shape index (κ3) is 3.00. The first kappa shape index (κ1) is 16.2. The maximum absolute atomic E-state index is 10.9. The van der Waals surface area contributed by atoms with Crippen LogP contribution in [0.2, 0.25) is 0 Å². The number of nitro benzene ring substituents is 1. The smallest absolute Gasteiger partial charge is 0.269 e. The molecule has 4 rings (SSSR count). The van der Waals surface area contributed by atoms with Crippen molar-refractivity contribution in [2.75, 3.05) is 5.32 Å². The highest BCUT2D eigenvalue weighted by Crippen LogP contribution is 2.30. The lowest BCUT2D eigenvalue weighted by Crippen LogP contribution is -2.06. The number of imidazole rings is 1. The Morgan fingerprint density at radius 2 is 2.23 bits per heavy atom. The molecule has 0 saturated carbocycles. The fourth-order valence-corrected chi connectivity index (χ4v) is 3.58. The highest BCUT2D eigenvalue weighted by molar-refractivity contribution is 7.17. The molecule has 0 amide bonds. The number of rotatable bonds is 5. The van der Waals surface area contributed by atoms with Crippen molar-refractivity contribution in [2.24, 2.45) is 0 Å². The molecule has 0 aliphatic rings. The van der Waals surface area contributed by atoms with Crippen LogP contribution in [0.1, 0.15) is 11.1 Å². The number of nitrogens with zero attached hydrogens (tertiary/aromatic N) is 5. The number of benzene rings is 1. The van der Waals surface area contributed by atoms with Crippen molar-refractivity contribution in [2.45, 2.75) is 13.5 Å². The zero-order valence-electron chi connectivity index (χ0n) is 13.8. The van der Waals surface area contributed by atoms with Gasteiger partial charge in [0.25, 0.3) is 5.69 Å². The third-order valence-corrected chi connectivity index (χ3v) is 4.91. The van der Waals surface area contributed by atoms with E-state index in [1.807, 2.05) is 18.4 Å². The first-order chi connectivity index (χ1) is 12.6. The Morgan fingerprint density at radius 1 is 1.35 bits per heavy atom. The van der Waals surface area contributed by atoms with Crippen LogP contribution in [0.25, 0.3) is 16.2 Å². The lowest BCUT2D eigenvalue weighted by atomic mass is 10.2. The number of hydrogen-bond donors (Lipinski definition) is 1. The summed E-state index contributed by atoms with van der Waals surface area (Å²) in [6, 6.07) is 6.56. The van der Waals surface area contributed by atoms with E-state index in [1.54, 1.807) is 46.8 Å². The number of hydrogen-bond acceptors (Lipinski definition) is 7. The maximum Gasteiger partial charge on any atom is 0.269 e. The normalized spacial score (nSPS) is 11.0. The van der Waals surface area contributed by atoms with Crippen LogP contribution in [0.3, 0.4) is 0 Å². The van der Waals surface area contributed by atoms with Crippen LogP contribution in [0.5, 0.6) is 0 Å². The second kappa shape index (κ2) is 6.52. The molecule has 3 aromatic heterocycles. The van der Waals surface area contributed by atoms with Gasteiger partial charge in [0.15, 0.2) is 0 Å². The zero-order valence-corrected chi connectivity index (χ0v) is 14.6. The molecule has 0 bridgehead atoms. The van der Waals surface area contributed by atoms with Crippen LogP contribution in [-0.2, 0) is 6.54 Å². The lowest BCUT2D eigenvalue weighted by molar-refractivity contribution is -0.384. The third-order valence-electron chi connectivity index (χ3n) is 3.92. The Kier molecular flexibility index (Phi) is 4.05. The molecule has 0 aliphatic heterocycles. The van der Waals surface area contributed by atoms with E-state index in [2.05, 4.69) is 20.3 Å². The Balaban J connectivity index is 1.70. The van der Waals surface area contributed by atoms with Crippen molar-refractivity contribution in [1.82, 2.24) is 19.5 Å². The van der Waals surface area contributed by atoms with E-state index in [-0.39, 0.29) is 5.69 Å². The van der Waals surface area contributed by atoms with Crippen molar-refractivity contribution in [3.8, 4) is 5.95 Å². The molecule has 0 saturated heterocycles. The van der Waals surface area contributed by atoms with Crippen LogP contribution >= 0.6 is 11.3 Å². The predicted molar refractivity (Wildman–Crippen MR) is 99.7 cm³/mol. The molecule has 0 unspecified atom stereocenters. The summed E-state index contributed by atoms with van der Waals surface area (Å²) in [6.45, 7) is 2.43. The molecular formula is C17H14N6O2S. The fraction of sp³-hybridized carbons (Fsp3) is 0.118. The van der Waals surface area contributed by atoms with Crippen molar-refractivity contribution in [1.29, 1.82) is 0 Å². The summed E-state index contributed by atoms with van der Waals surface area (Å²) in [5, 5.41) is 17.2. The van der Waals surface area contributed by atoms with Gasteiger partial charge in [-0.25, -0.2) is 9.97 Å². The van der Waals surface area contributed by atoms with E-state index in [4.69, 9.17) is 0 Å². The SMILES string of the molecule is Cc1csc2nc(-n3ccnc3)nc(NCc3cccc([N+](=O)[O-])c3)c12. The number of thiophene rings is 1. The summed E-state index contributed by atoms with van der Waals surface area (Å²) in [6.07, 6.45) is 5.10. The van der Waals surface area contributed by atoms with Crippen LogP contribution in [0.4, 0.5) is 11.5 Å². The van der Waals surface area contributed by atoms with Gasteiger partial charge < -0.3 is 5.32 Å². The van der Waals surface area contributed by atoms with Crippen molar-refractivity contribution in [3.05, 3.63) is 69.6 Å². The Hall–Kier alpha value is -3.33. The second-order valence-electron chi connectivity index (χ2n) is 5.72. The predicted octanol–water partition coefficient (Wildman–Crippen LogP) is 3.71. The molecule has 3 heterocycles. The summed E-state index contributed by atoms with van der Waals surface area (Å²) in [7, 11) is 0. The van der Waals surface area contributed by atoms with Crippen LogP contribution < -0.4 is 5.32 Å². The van der Waals surface area contributed by atoms with E-state index < -0.39 is 4.92 Å². The van der Waals surface area contributed by atoms with E-state index >= 15 is 0 Å². The van der Waals surface area contributed by atoms with E-state index in [1.165, 1.54) is 6.07 Å². The monoisotopic (exact) mass is 366 g/mol. The molecule has 1 aromatic carbocycles. The second-order valence-corrected chi connectivity index (χ2v) is 6.58. The molecule has 0 fully saturated rings. The summed E-state index contributed by atoms with van der Waals surface area (Å²) >= 11 is 1.55. The lowest BCUT2D eigenvalue weighted by Gasteiger charge is -2.10. The van der Waals surface area contributed by atoms with Crippen molar-refractivity contribution >= 4 is 33.1 Å². The fourth-order valence-electron chi connectivity index (χ4n) is 2.66. The molecule has 130 valence electrons. The summed E-state index contributed by atoms with van der Waals surface area (Å²) < 4.78 is 1.74. The topological polar surface area (TPSA) is 98.8 Å². The van der Waals surface area contributed by atoms with Gasteiger partial charge in [0.1, 0.15) is 17.0 Å². The molecule has 9 heteroatoms. The first-order valence-electron chi connectivity index (χ1n) is 7.83. The van der Waals surface area contributed by atoms with Gasteiger partial charge in [-0.2, -0.15) is 4.98 Å². The number of fused-ring (bicyclic) bond motifs is 1. The minimum atomic E-state index is -0.396. The van der Waals surface area contributed by atoms with Crippen LogP contribution in [0.15, 0.2) is 48.4 Å². The number of non-ortho nitro benzene ring substituents is 1. The molecule has 26 heavy (non-hydrogen) atoms. The Labute approximate surface area is 152 Å². The van der Waals surface area contributed by atoms with Crippen LogP contribution in [0, 0.1) is 17.0 Å². The number of anilines is 1. The van der Waals surface area contributed by atoms with Gasteiger partial charge in [-0.1, -0.05) is 12.1 Å². The van der Waals surface area contributed by atoms with Gasteiger partial charge in [0, 0.05) is 31.1 Å². The average molecular weight is 366 g/mol. The quantitative estimate of drug-likeness (QED) is 0.427. The summed E-state index contributed by atoms with van der Waals surface area (Å²) in [5.74, 6) is 1.22. The first-order valence-corrected chi connectivity index (χ1v) is 8.71. The van der Waals surface area contributed by atoms with E-state index in [0.29, 0.717) is 18.3 Å². The highest BCUT2D eigenvalue weighted by atomic mass is 32.1. The largest absolute Gasteiger partial charge is 0.365 e. The van der Waals surface area contributed by atoms with Gasteiger partial charge >= 0.3 is 0 Å². The average Bonchev–Trinajstić information content (AvgIpc) is 3.30. The molecular weight excluding hydrogens is 352 g/mol. The van der Waals surface area contributed by atoms with Gasteiger partial charge in [-0.15, -0.1) is 11.3 Å². The Morgan fingerprint density at radius 3 is 3.00 bits per heavy atom. The van der Waals surface area contributed by atoms with Gasteiger partial charge in [-0.3, -0.25) is 14.7 Å². The number of aryl methyl sites for hydroxylation is 1. The number of aromatic nitrogens is 4. The van der Waals surface area contributed by atoms with Crippen LogP contribution in [-0.4, -0.2) is 24.4 Å². The van der Waals surface area contributed by atoms with E-state index in [9.17, 15) is 10.1 Å². The molecule has 0 atom stereocenters. The summed E-state index contributed by atoms with van der Waals surface area (Å²) in [4.78, 5) is 24.7. The van der Waals surface area contributed by atoms with Gasteiger partial charge in [-0.05, 0) is 23.4 Å². The minimum Gasteiger partial charge on any atom is -0.365 e. The summed E-state index contributed by atoms with van der Waals surface area (Å²) in [5.41, 5.74) is 1.97. The highest BCUT2D eigenvalue weighted by Gasteiger charge is 2.13. The number of nitro groups is 1. The zero-order chi connectivity index (χ0) is 18.1. The van der Waals surface area contributed by atoms with Crippen molar-refractivity contribution in [3.63, 3.8) is 0 Å². The Bertz CT molecular complexity index is 1090. The molecule has 4 aromatic rings. The van der Waals surface area contributed by atoms with E-state index in [0.717, 1.165) is 21.3 Å².